The fraction of sp³-hybridized carbons (Fsp3) is 0.385. The van der Waals surface area contributed by atoms with Gasteiger partial charge in [-0.25, -0.2) is 8.42 Å². The zero-order chi connectivity index (χ0) is 14.9. The molecule has 0 radical (unpaired) electrons. The van der Waals surface area contributed by atoms with Crippen molar-refractivity contribution in [2.75, 3.05) is 6.26 Å². The van der Waals surface area contributed by atoms with E-state index in [0.29, 0.717) is 11.4 Å². The zero-order valence-corrected chi connectivity index (χ0v) is 12.4. The van der Waals surface area contributed by atoms with Crippen molar-refractivity contribution >= 4 is 9.84 Å². The van der Waals surface area contributed by atoms with E-state index in [-0.39, 0.29) is 22.7 Å². The predicted octanol–water partition coefficient (Wildman–Crippen LogP) is 1.80. The molecule has 1 aromatic heterocycles. The van der Waals surface area contributed by atoms with E-state index in [1.807, 2.05) is 13.8 Å². The number of nitrogens with two attached hydrogens (primary N) is 1. The number of sulfone groups is 1. The maximum atomic E-state index is 11.5. The summed E-state index contributed by atoms with van der Waals surface area (Å²) in [5.74, 6) is 0.865. The molecular formula is C13H17N3O3S. The monoisotopic (exact) mass is 295 g/mol. The second-order valence-electron chi connectivity index (χ2n) is 5.03. The molecule has 0 bridgehead atoms. The van der Waals surface area contributed by atoms with Crippen molar-refractivity contribution < 1.29 is 12.9 Å². The molecule has 7 heteroatoms. The van der Waals surface area contributed by atoms with Gasteiger partial charge in [0.2, 0.25) is 0 Å². The number of rotatable bonds is 4. The van der Waals surface area contributed by atoms with Gasteiger partial charge in [0.15, 0.2) is 15.7 Å². The van der Waals surface area contributed by atoms with Crippen LogP contribution < -0.4 is 5.73 Å². The Morgan fingerprint density at radius 2 is 2.00 bits per heavy atom. The normalized spacial score (nSPS) is 13.7. The van der Waals surface area contributed by atoms with Crippen LogP contribution in [0.3, 0.4) is 0 Å². The van der Waals surface area contributed by atoms with Gasteiger partial charge in [0.25, 0.3) is 5.89 Å². The molecule has 0 saturated heterocycles. The molecule has 1 heterocycles. The van der Waals surface area contributed by atoms with Gasteiger partial charge in [-0.3, -0.25) is 0 Å². The standard InChI is InChI=1S/C13H17N3O3S/c1-8(2)11(14)12-15-13(19-16-12)9-5-4-6-10(7-9)20(3,17)18/h4-8,11H,14H2,1-3H3. The Hall–Kier alpha value is -1.73. The summed E-state index contributed by atoms with van der Waals surface area (Å²) in [4.78, 5) is 4.44. The quantitative estimate of drug-likeness (QED) is 0.923. The van der Waals surface area contributed by atoms with E-state index in [0.717, 1.165) is 6.26 Å². The van der Waals surface area contributed by atoms with Crippen molar-refractivity contribution in [1.29, 1.82) is 0 Å². The first-order valence-corrected chi connectivity index (χ1v) is 8.08. The van der Waals surface area contributed by atoms with Gasteiger partial charge in [0, 0.05) is 11.8 Å². The van der Waals surface area contributed by atoms with Crippen LogP contribution in [0.5, 0.6) is 0 Å². The molecule has 2 N–H and O–H groups in total. The van der Waals surface area contributed by atoms with Crippen LogP contribution in [0.15, 0.2) is 33.7 Å². The van der Waals surface area contributed by atoms with Gasteiger partial charge >= 0.3 is 0 Å². The van der Waals surface area contributed by atoms with E-state index < -0.39 is 9.84 Å². The lowest BCUT2D eigenvalue weighted by Crippen LogP contribution is -2.18. The molecule has 108 valence electrons. The zero-order valence-electron chi connectivity index (χ0n) is 11.6. The number of hydrogen-bond donors (Lipinski definition) is 1. The number of hydrogen-bond acceptors (Lipinski definition) is 6. The molecule has 2 aromatic rings. The lowest BCUT2D eigenvalue weighted by atomic mass is 10.1. The molecule has 0 aliphatic rings. The van der Waals surface area contributed by atoms with E-state index in [4.69, 9.17) is 10.3 Å². The second kappa shape index (κ2) is 5.34. The molecule has 0 aliphatic heterocycles. The topological polar surface area (TPSA) is 99.1 Å². The van der Waals surface area contributed by atoms with Crippen molar-refractivity contribution in [3.8, 4) is 11.5 Å². The van der Waals surface area contributed by atoms with Crippen LogP contribution >= 0.6 is 0 Å². The van der Waals surface area contributed by atoms with E-state index in [1.54, 1.807) is 12.1 Å². The molecule has 1 atom stereocenters. The molecule has 0 saturated carbocycles. The van der Waals surface area contributed by atoms with Crippen LogP contribution in [0.25, 0.3) is 11.5 Å². The summed E-state index contributed by atoms with van der Waals surface area (Å²) in [5, 5.41) is 3.85. The highest BCUT2D eigenvalue weighted by molar-refractivity contribution is 7.90. The SMILES string of the molecule is CC(C)C(N)c1noc(-c2cccc(S(C)(=O)=O)c2)n1. The molecule has 2 rings (SSSR count). The molecule has 1 unspecified atom stereocenters. The smallest absolute Gasteiger partial charge is 0.258 e. The highest BCUT2D eigenvalue weighted by atomic mass is 32.2. The van der Waals surface area contributed by atoms with E-state index >= 15 is 0 Å². The Morgan fingerprint density at radius 3 is 2.60 bits per heavy atom. The maximum absolute atomic E-state index is 11.5. The van der Waals surface area contributed by atoms with E-state index in [9.17, 15) is 8.42 Å². The summed E-state index contributed by atoms with van der Waals surface area (Å²) in [6.07, 6.45) is 1.15. The minimum Gasteiger partial charge on any atom is -0.334 e. The third-order valence-electron chi connectivity index (χ3n) is 2.97. The first-order valence-electron chi connectivity index (χ1n) is 6.18. The Balaban J connectivity index is 2.38. The summed E-state index contributed by atoms with van der Waals surface area (Å²) >= 11 is 0. The molecule has 0 spiro atoms. The van der Waals surface area contributed by atoms with Crippen molar-refractivity contribution in [2.45, 2.75) is 24.8 Å². The summed E-state index contributed by atoms with van der Waals surface area (Å²) in [7, 11) is -3.27. The minimum atomic E-state index is -3.27. The molecule has 0 amide bonds. The van der Waals surface area contributed by atoms with Crippen LogP contribution in [0.4, 0.5) is 0 Å². The Bertz CT molecular complexity index is 707. The first kappa shape index (κ1) is 14.7. The molecule has 6 nitrogen and oxygen atoms in total. The molecule has 20 heavy (non-hydrogen) atoms. The first-order chi connectivity index (χ1) is 9.29. The lowest BCUT2D eigenvalue weighted by molar-refractivity contribution is 0.400. The molecule has 0 fully saturated rings. The summed E-state index contributed by atoms with van der Waals surface area (Å²) in [5.41, 5.74) is 6.51. The average molecular weight is 295 g/mol. The Morgan fingerprint density at radius 1 is 1.30 bits per heavy atom. The van der Waals surface area contributed by atoms with Crippen molar-refractivity contribution in [3.63, 3.8) is 0 Å². The number of aromatic nitrogens is 2. The molecule has 0 aliphatic carbocycles. The second-order valence-corrected chi connectivity index (χ2v) is 7.04. The average Bonchev–Trinajstić information content (AvgIpc) is 2.86. The third kappa shape index (κ3) is 3.05. The molecule has 1 aromatic carbocycles. The van der Waals surface area contributed by atoms with Crippen molar-refractivity contribution in [3.05, 3.63) is 30.1 Å². The Labute approximate surface area is 117 Å². The van der Waals surface area contributed by atoms with Gasteiger partial charge in [-0.2, -0.15) is 4.98 Å². The highest BCUT2D eigenvalue weighted by Crippen LogP contribution is 2.23. The fourth-order valence-electron chi connectivity index (χ4n) is 1.65. The Kier molecular flexibility index (Phi) is 3.92. The summed E-state index contributed by atoms with van der Waals surface area (Å²) in [6, 6.07) is 6.07. The summed E-state index contributed by atoms with van der Waals surface area (Å²) in [6.45, 7) is 3.93. The van der Waals surface area contributed by atoms with Crippen LogP contribution in [0.2, 0.25) is 0 Å². The van der Waals surface area contributed by atoms with Gasteiger partial charge in [-0.15, -0.1) is 0 Å². The lowest BCUT2D eigenvalue weighted by Gasteiger charge is -2.09. The van der Waals surface area contributed by atoms with Crippen molar-refractivity contribution in [2.24, 2.45) is 11.7 Å². The van der Waals surface area contributed by atoms with Gasteiger partial charge in [0.05, 0.1) is 10.9 Å². The van der Waals surface area contributed by atoms with Gasteiger partial charge in [-0.05, 0) is 24.1 Å². The van der Waals surface area contributed by atoms with Crippen LogP contribution in [0.1, 0.15) is 25.7 Å². The molecular weight excluding hydrogens is 278 g/mol. The van der Waals surface area contributed by atoms with Crippen LogP contribution in [-0.4, -0.2) is 24.8 Å². The van der Waals surface area contributed by atoms with E-state index in [1.165, 1.54) is 12.1 Å². The van der Waals surface area contributed by atoms with Crippen LogP contribution in [-0.2, 0) is 9.84 Å². The highest BCUT2D eigenvalue weighted by Gasteiger charge is 2.18. The predicted molar refractivity (Wildman–Crippen MR) is 74.6 cm³/mol. The number of nitrogens with zero attached hydrogens (tertiary/aromatic N) is 2. The number of benzene rings is 1. The largest absolute Gasteiger partial charge is 0.334 e. The van der Waals surface area contributed by atoms with Crippen molar-refractivity contribution in [1.82, 2.24) is 10.1 Å². The fourth-order valence-corrected chi connectivity index (χ4v) is 2.31. The van der Waals surface area contributed by atoms with Crippen LogP contribution in [0, 0.1) is 5.92 Å². The minimum absolute atomic E-state index is 0.183. The van der Waals surface area contributed by atoms with Gasteiger partial charge in [0.1, 0.15) is 0 Å². The summed E-state index contributed by atoms with van der Waals surface area (Å²) < 4.78 is 28.2. The van der Waals surface area contributed by atoms with Gasteiger partial charge in [-0.1, -0.05) is 25.1 Å². The third-order valence-corrected chi connectivity index (χ3v) is 4.08. The van der Waals surface area contributed by atoms with Gasteiger partial charge < -0.3 is 10.3 Å². The van der Waals surface area contributed by atoms with E-state index in [2.05, 4.69) is 10.1 Å². The maximum Gasteiger partial charge on any atom is 0.258 e.